The molecule has 1 N–H and O–H groups in total. The van der Waals surface area contributed by atoms with Gasteiger partial charge in [0, 0.05) is 4.47 Å². The highest BCUT2D eigenvalue weighted by atomic mass is 127. The van der Waals surface area contributed by atoms with Crippen LogP contribution in [0.15, 0.2) is 75.0 Å². The maximum atomic E-state index is 12.5. The Bertz CT molecular complexity index is 1220. The predicted octanol–water partition coefficient (Wildman–Crippen LogP) is 7.69. The van der Waals surface area contributed by atoms with Crippen molar-refractivity contribution in [2.45, 2.75) is 20.0 Å². The number of aryl methyl sites for hydroxylation is 1. The topological polar surface area (TPSA) is 50.7 Å². The molecule has 4 nitrogen and oxygen atoms in total. The second-order valence-electron chi connectivity index (χ2n) is 7.23. The highest BCUT2D eigenvalue weighted by Gasteiger charge is 2.24. The standard InChI is InChI=1S/C25H19BrI2N2O2S/c1-2-15-5-9-19(10-6-15)29-25-30-24(31)22(33-25)13-17-11-20(27)23(21(28)12-17)32-14-16-3-7-18(26)8-4-16/h3-13H,2,14H2,1H3,(H,29,30,31)/b22-13-. The molecule has 1 heterocycles. The minimum Gasteiger partial charge on any atom is -0.487 e. The fourth-order valence-corrected chi connectivity index (χ4v) is 6.33. The Hall–Kier alpha value is -1.37. The minimum absolute atomic E-state index is 0.135. The monoisotopic (exact) mass is 744 g/mol. The van der Waals surface area contributed by atoms with Gasteiger partial charge >= 0.3 is 0 Å². The van der Waals surface area contributed by atoms with Crippen LogP contribution < -0.4 is 10.1 Å². The number of nitrogens with zero attached hydrogens (tertiary/aromatic N) is 1. The normalized spacial score (nSPS) is 15.8. The molecule has 8 heteroatoms. The number of amides is 1. The summed E-state index contributed by atoms with van der Waals surface area (Å²) in [5.74, 6) is 0.715. The maximum Gasteiger partial charge on any atom is 0.264 e. The molecule has 4 rings (SSSR count). The quantitative estimate of drug-likeness (QED) is 0.208. The van der Waals surface area contributed by atoms with Crippen molar-refractivity contribution in [1.29, 1.82) is 0 Å². The molecule has 0 atom stereocenters. The van der Waals surface area contributed by atoms with E-state index in [0.29, 0.717) is 16.7 Å². The lowest BCUT2D eigenvalue weighted by molar-refractivity contribution is -0.115. The van der Waals surface area contributed by atoms with Crippen molar-refractivity contribution < 1.29 is 9.53 Å². The van der Waals surface area contributed by atoms with Crippen LogP contribution in [0.2, 0.25) is 0 Å². The number of hydrogen-bond donors (Lipinski definition) is 1. The molecule has 1 fully saturated rings. The van der Waals surface area contributed by atoms with Crippen LogP contribution in [0.1, 0.15) is 23.6 Å². The van der Waals surface area contributed by atoms with E-state index in [1.807, 2.05) is 54.6 Å². The summed E-state index contributed by atoms with van der Waals surface area (Å²) in [5, 5.41) is 3.45. The third-order valence-electron chi connectivity index (χ3n) is 4.84. The van der Waals surface area contributed by atoms with Crippen molar-refractivity contribution in [3.63, 3.8) is 0 Å². The summed E-state index contributed by atoms with van der Waals surface area (Å²) in [5.41, 5.74) is 4.14. The van der Waals surface area contributed by atoms with Gasteiger partial charge in [0.2, 0.25) is 0 Å². The van der Waals surface area contributed by atoms with Gasteiger partial charge in [-0.15, -0.1) is 0 Å². The van der Waals surface area contributed by atoms with Gasteiger partial charge in [-0.2, -0.15) is 0 Å². The van der Waals surface area contributed by atoms with E-state index < -0.39 is 0 Å². The van der Waals surface area contributed by atoms with Crippen LogP contribution in [-0.4, -0.2) is 11.1 Å². The number of benzene rings is 3. The molecule has 168 valence electrons. The average Bonchev–Trinajstić information content (AvgIpc) is 3.13. The van der Waals surface area contributed by atoms with E-state index >= 15 is 0 Å². The SMILES string of the molecule is CCc1ccc(N=C2NC(=O)/C(=C/c3cc(I)c(OCc4ccc(Br)cc4)c(I)c3)S2)cc1. The zero-order chi connectivity index (χ0) is 23.4. The molecule has 0 aliphatic carbocycles. The molecule has 0 unspecified atom stereocenters. The first-order valence-corrected chi connectivity index (χ1v) is 13.9. The second kappa shape index (κ2) is 11.4. The number of ether oxygens (including phenoxy) is 1. The largest absolute Gasteiger partial charge is 0.487 e. The number of thioether (sulfide) groups is 1. The van der Waals surface area contributed by atoms with Crippen LogP contribution in [0, 0.1) is 7.14 Å². The van der Waals surface area contributed by atoms with Crippen molar-refractivity contribution >= 4 is 95.7 Å². The van der Waals surface area contributed by atoms with Crippen molar-refractivity contribution in [3.8, 4) is 5.75 Å². The zero-order valence-corrected chi connectivity index (χ0v) is 24.3. The van der Waals surface area contributed by atoms with Crippen LogP contribution in [-0.2, 0) is 17.8 Å². The molecule has 0 bridgehead atoms. The van der Waals surface area contributed by atoms with Gasteiger partial charge in [-0.3, -0.25) is 4.79 Å². The highest BCUT2D eigenvalue weighted by molar-refractivity contribution is 14.1. The fraction of sp³-hybridized carbons (Fsp3) is 0.120. The molecule has 1 aliphatic heterocycles. The fourth-order valence-electron chi connectivity index (χ4n) is 3.09. The summed E-state index contributed by atoms with van der Waals surface area (Å²) in [4.78, 5) is 17.7. The van der Waals surface area contributed by atoms with Gasteiger partial charge in [-0.05, 0) is 123 Å². The van der Waals surface area contributed by atoms with E-state index in [2.05, 4.69) is 90.5 Å². The van der Waals surface area contributed by atoms with Gasteiger partial charge in [0.25, 0.3) is 5.91 Å². The summed E-state index contributed by atoms with van der Waals surface area (Å²) in [7, 11) is 0. The third kappa shape index (κ3) is 6.61. The Morgan fingerprint density at radius 2 is 1.67 bits per heavy atom. The van der Waals surface area contributed by atoms with E-state index in [1.54, 1.807) is 0 Å². The molecule has 3 aromatic rings. The Balaban J connectivity index is 1.48. The number of nitrogens with one attached hydrogen (secondary N) is 1. The third-order valence-corrected chi connectivity index (χ3v) is 7.88. The zero-order valence-electron chi connectivity index (χ0n) is 17.6. The van der Waals surface area contributed by atoms with E-state index in [0.717, 1.165) is 40.6 Å². The molecule has 1 amide bonds. The smallest absolute Gasteiger partial charge is 0.264 e. The van der Waals surface area contributed by atoms with E-state index in [9.17, 15) is 4.79 Å². The van der Waals surface area contributed by atoms with Crippen molar-refractivity contribution in [2.75, 3.05) is 0 Å². The highest BCUT2D eigenvalue weighted by Crippen LogP contribution is 2.33. The minimum atomic E-state index is -0.135. The Kier molecular flexibility index (Phi) is 8.53. The molecule has 33 heavy (non-hydrogen) atoms. The van der Waals surface area contributed by atoms with Crippen molar-refractivity contribution in [3.05, 3.63) is 93.9 Å². The lowest BCUT2D eigenvalue weighted by Gasteiger charge is -2.12. The van der Waals surface area contributed by atoms with Crippen LogP contribution in [0.4, 0.5) is 5.69 Å². The number of aliphatic imine (C=N–C) groups is 1. The molecular formula is C25H19BrI2N2O2S. The lowest BCUT2D eigenvalue weighted by atomic mass is 10.2. The van der Waals surface area contributed by atoms with Crippen molar-refractivity contribution in [2.24, 2.45) is 4.99 Å². The van der Waals surface area contributed by atoms with Crippen LogP contribution >= 0.6 is 72.9 Å². The lowest BCUT2D eigenvalue weighted by Crippen LogP contribution is -2.19. The Morgan fingerprint density at radius 3 is 2.30 bits per heavy atom. The van der Waals surface area contributed by atoms with Crippen LogP contribution in [0.3, 0.4) is 0 Å². The number of halogens is 3. The molecule has 0 aromatic heterocycles. The summed E-state index contributed by atoms with van der Waals surface area (Å²) < 4.78 is 9.12. The summed E-state index contributed by atoms with van der Waals surface area (Å²) in [6, 6.07) is 20.2. The first-order valence-electron chi connectivity index (χ1n) is 10.2. The number of hydrogen-bond acceptors (Lipinski definition) is 4. The molecule has 1 aliphatic rings. The van der Waals surface area contributed by atoms with Gasteiger partial charge in [-0.1, -0.05) is 47.1 Å². The molecular weight excluding hydrogens is 726 g/mol. The first kappa shape index (κ1) is 24.7. The van der Waals surface area contributed by atoms with Crippen LogP contribution in [0.5, 0.6) is 5.75 Å². The first-order chi connectivity index (χ1) is 15.9. The van der Waals surface area contributed by atoms with Gasteiger partial charge in [0.05, 0.1) is 17.7 Å². The molecule has 0 saturated carbocycles. The van der Waals surface area contributed by atoms with Crippen molar-refractivity contribution in [1.82, 2.24) is 5.32 Å². The molecule has 1 saturated heterocycles. The molecule has 0 spiro atoms. The number of rotatable bonds is 6. The van der Waals surface area contributed by atoms with Crippen LogP contribution in [0.25, 0.3) is 6.08 Å². The molecule has 0 radical (unpaired) electrons. The summed E-state index contributed by atoms with van der Waals surface area (Å²) in [6.07, 6.45) is 2.88. The van der Waals surface area contributed by atoms with Gasteiger partial charge in [0.1, 0.15) is 12.4 Å². The number of carbonyl (C=O) groups is 1. The van der Waals surface area contributed by atoms with E-state index in [1.165, 1.54) is 17.3 Å². The Labute approximate surface area is 233 Å². The van der Waals surface area contributed by atoms with E-state index in [4.69, 9.17) is 4.74 Å². The second-order valence-corrected chi connectivity index (χ2v) is 11.5. The maximum absolute atomic E-state index is 12.5. The number of amidine groups is 1. The number of carbonyl (C=O) groups excluding carboxylic acids is 1. The van der Waals surface area contributed by atoms with Gasteiger partial charge in [0.15, 0.2) is 5.17 Å². The summed E-state index contributed by atoms with van der Waals surface area (Å²) >= 11 is 9.36. The molecule has 3 aromatic carbocycles. The van der Waals surface area contributed by atoms with Gasteiger partial charge in [-0.25, -0.2) is 4.99 Å². The predicted molar refractivity (Wildman–Crippen MR) is 157 cm³/mol. The van der Waals surface area contributed by atoms with E-state index in [-0.39, 0.29) is 5.91 Å². The average molecular weight is 745 g/mol. The van der Waals surface area contributed by atoms with Gasteiger partial charge < -0.3 is 10.1 Å². The Morgan fingerprint density at radius 1 is 1.03 bits per heavy atom. The summed E-state index contributed by atoms with van der Waals surface area (Å²) in [6.45, 7) is 2.62.